The highest BCUT2D eigenvalue weighted by Gasteiger charge is 2.58. The second-order valence-electron chi connectivity index (χ2n) is 8.51. The molecule has 0 aromatic heterocycles. The molecule has 0 unspecified atom stereocenters. The highest BCUT2D eigenvalue weighted by atomic mass is 32.2. The number of hydrogen-bond acceptors (Lipinski definition) is 12. The summed E-state index contributed by atoms with van der Waals surface area (Å²) in [5.74, 6) is -2.13. The molecule has 1 N–H and O–H groups in total. The van der Waals surface area contributed by atoms with Crippen molar-refractivity contribution in [2.45, 2.75) is 31.6 Å². The molecule has 15 heteroatoms. The van der Waals surface area contributed by atoms with E-state index >= 15 is 0 Å². The third kappa shape index (κ3) is 5.99. The van der Waals surface area contributed by atoms with Gasteiger partial charge in [0.15, 0.2) is 0 Å². The van der Waals surface area contributed by atoms with Crippen molar-refractivity contribution in [3.05, 3.63) is 90.5 Å². The standard InChI is InChI=1S/C24H21N3O11S/c1-13(28)19-21(29)25-20(23(30)36-10-14-2-6-16(7-3-14)26(32)33)18(39-22(19)25)12-38-24(31)37-11-15-4-8-17(9-5-15)27(34)35/h2-9,13,19,22,28H,10-12H2,1H3/t13-,19+,22-/m1/s1. The number of esters is 1. The summed E-state index contributed by atoms with van der Waals surface area (Å²) in [4.78, 5) is 59.6. The van der Waals surface area contributed by atoms with Crippen LogP contribution in [0.3, 0.4) is 0 Å². The molecule has 0 spiro atoms. The van der Waals surface area contributed by atoms with Gasteiger partial charge in [0.25, 0.3) is 11.4 Å². The highest BCUT2D eigenvalue weighted by Crippen LogP contribution is 2.50. The molecule has 39 heavy (non-hydrogen) atoms. The van der Waals surface area contributed by atoms with E-state index in [1.807, 2.05) is 0 Å². The van der Waals surface area contributed by atoms with Crippen LogP contribution in [0.2, 0.25) is 0 Å². The average molecular weight is 560 g/mol. The van der Waals surface area contributed by atoms with Crippen LogP contribution in [0, 0.1) is 26.1 Å². The molecule has 2 heterocycles. The lowest BCUT2D eigenvalue weighted by molar-refractivity contribution is -0.385. The van der Waals surface area contributed by atoms with E-state index in [4.69, 9.17) is 14.2 Å². The van der Waals surface area contributed by atoms with E-state index in [2.05, 4.69) is 0 Å². The molecular formula is C24H21N3O11S. The number of β-lactam (4-membered cyclic amide) rings is 1. The number of aliphatic hydroxyl groups excluding tert-OH is 1. The van der Waals surface area contributed by atoms with Gasteiger partial charge in [-0.15, -0.1) is 0 Å². The number of nitrogens with zero attached hydrogens (tertiary/aromatic N) is 3. The summed E-state index contributed by atoms with van der Waals surface area (Å²) in [7, 11) is 0. The molecule has 0 saturated carbocycles. The minimum Gasteiger partial charge on any atom is -0.456 e. The van der Waals surface area contributed by atoms with Crippen molar-refractivity contribution in [3.8, 4) is 0 Å². The highest BCUT2D eigenvalue weighted by molar-refractivity contribution is 8.04. The molecule has 0 bridgehead atoms. The molecule has 14 nitrogen and oxygen atoms in total. The molecule has 2 aromatic rings. The Morgan fingerprint density at radius 1 is 0.923 bits per heavy atom. The number of non-ortho nitro benzene ring substituents is 2. The first-order chi connectivity index (χ1) is 18.6. The van der Waals surface area contributed by atoms with E-state index in [0.717, 1.165) is 11.8 Å². The van der Waals surface area contributed by atoms with Crippen LogP contribution in [0.15, 0.2) is 59.1 Å². The Labute approximate surface area is 224 Å². The van der Waals surface area contributed by atoms with Crippen LogP contribution in [0.5, 0.6) is 0 Å². The van der Waals surface area contributed by atoms with Crippen LogP contribution in [-0.2, 0) is 37.0 Å². The van der Waals surface area contributed by atoms with Gasteiger partial charge in [0, 0.05) is 24.3 Å². The van der Waals surface area contributed by atoms with Gasteiger partial charge in [-0.25, -0.2) is 9.59 Å². The molecule has 1 saturated heterocycles. The number of rotatable bonds is 10. The molecule has 1 amide bonds. The Balaban J connectivity index is 1.40. The molecular weight excluding hydrogens is 538 g/mol. The van der Waals surface area contributed by atoms with Gasteiger partial charge in [-0.1, -0.05) is 11.8 Å². The van der Waals surface area contributed by atoms with Gasteiger partial charge in [-0.05, 0) is 42.3 Å². The van der Waals surface area contributed by atoms with Crippen molar-refractivity contribution in [1.29, 1.82) is 0 Å². The number of hydrogen-bond donors (Lipinski definition) is 1. The van der Waals surface area contributed by atoms with Gasteiger partial charge >= 0.3 is 12.1 Å². The smallest absolute Gasteiger partial charge is 0.456 e. The summed E-state index contributed by atoms with van der Waals surface area (Å²) in [6.45, 7) is 0.586. The predicted octanol–water partition coefficient (Wildman–Crippen LogP) is 3.02. The van der Waals surface area contributed by atoms with Crippen LogP contribution in [0.25, 0.3) is 0 Å². The van der Waals surface area contributed by atoms with Crippen molar-refractivity contribution >= 4 is 41.2 Å². The van der Waals surface area contributed by atoms with E-state index in [-0.39, 0.29) is 35.2 Å². The summed E-state index contributed by atoms with van der Waals surface area (Å²) in [6, 6.07) is 10.7. The number of benzene rings is 2. The van der Waals surface area contributed by atoms with Crippen molar-refractivity contribution in [2.24, 2.45) is 5.92 Å². The lowest BCUT2D eigenvalue weighted by Gasteiger charge is -2.43. The van der Waals surface area contributed by atoms with Crippen LogP contribution >= 0.6 is 11.8 Å². The lowest BCUT2D eigenvalue weighted by Crippen LogP contribution is -2.60. The first-order valence-corrected chi connectivity index (χ1v) is 12.3. The second-order valence-corrected chi connectivity index (χ2v) is 9.72. The predicted molar refractivity (Wildman–Crippen MR) is 133 cm³/mol. The fourth-order valence-electron chi connectivity index (χ4n) is 3.90. The number of nitro benzene ring substituents is 2. The van der Waals surface area contributed by atoms with Gasteiger partial charge < -0.3 is 19.3 Å². The fourth-order valence-corrected chi connectivity index (χ4v) is 5.42. The molecule has 204 valence electrons. The number of thioether (sulfide) groups is 1. The summed E-state index contributed by atoms with van der Waals surface area (Å²) < 4.78 is 15.5. The Morgan fingerprint density at radius 2 is 1.41 bits per heavy atom. The number of aliphatic hydroxyl groups is 1. The zero-order valence-corrected chi connectivity index (χ0v) is 21.1. The van der Waals surface area contributed by atoms with Gasteiger partial charge in [0.05, 0.1) is 26.8 Å². The molecule has 0 radical (unpaired) electrons. The SMILES string of the molecule is C[C@@H](O)[C@H]1C(=O)N2C(C(=O)OCc3ccc([N+](=O)[O-])cc3)=C(COC(=O)OCc3ccc([N+](=O)[O-])cc3)S[C@H]12. The fraction of sp³-hybridized carbons (Fsp3) is 0.292. The van der Waals surface area contributed by atoms with E-state index in [0.29, 0.717) is 11.1 Å². The van der Waals surface area contributed by atoms with Gasteiger partial charge in [-0.2, -0.15) is 0 Å². The monoisotopic (exact) mass is 559 g/mol. The first-order valence-electron chi connectivity index (χ1n) is 11.4. The second kappa shape index (κ2) is 11.5. The molecule has 4 rings (SSSR count). The van der Waals surface area contributed by atoms with E-state index in [1.54, 1.807) is 0 Å². The summed E-state index contributed by atoms with van der Waals surface area (Å²) in [5.41, 5.74) is 0.586. The number of fused-ring (bicyclic) bond motifs is 1. The lowest BCUT2D eigenvalue weighted by atomic mass is 9.92. The molecule has 0 aliphatic carbocycles. The van der Waals surface area contributed by atoms with Gasteiger partial charge in [-0.3, -0.25) is 29.9 Å². The average Bonchev–Trinajstić information content (AvgIpc) is 3.23. The Kier molecular flexibility index (Phi) is 8.11. The van der Waals surface area contributed by atoms with E-state index in [1.165, 1.54) is 60.4 Å². The topological polar surface area (TPSA) is 189 Å². The zero-order chi connectivity index (χ0) is 28.3. The molecule has 3 atom stereocenters. The molecule has 2 aliphatic rings. The quantitative estimate of drug-likeness (QED) is 0.194. The number of carbonyl (C=O) groups is 3. The molecule has 1 fully saturated rings. The molecule has 2 aliphatic heterocycles. The van der Waals surface area contributed by atoms with Gasteiger partial charge in [0.2, 0.25) is 5.91 Å². The van der Waals surface area contributed by atoms with Crippen molar-refractivity contribution in [2.75, 3.05) is 6.61 Å². The minimum absolute atomic E-state index is 0.116. The zero-order valence-electron chi connectivity index (χ0n) is 20.3. The maximum absolute atomic E-state index is 13.0. The number of carbonyl (C=O) groups excluding carboxylic acids is 3. The number of ether oxygens (including phenoxy) is 3. The molecule has 2 aromatic carbocycles. The Bertz CT molecular complexity index is 1340. The van der Waals surface area contributed by atoms with Crippen molar-refractivity contribution < 1.29 is 43.5 Å². The summed E-state index contributed by atoms with van der Waals surface area (Å²) in [6.07, 6.45) is -2.05. The van der Waals surface area contributed by atoms with Gasteiger partial charge in [0.1, 0.15) is 30.9 Å². The van der Waals surface area contributed by atoms with Crippen LogP contribution < -0.4 is 0 Å². The van der Waals surface area contributed by atoms with Crippen LogP contribution in [-0.4, -0.2) is 56.0 Å². The van der Waals surface area contributed by atoms with Crippen molar-refractivity contribution in [3.63, 3.8) is 0 Å². The third-order valence-corrected chi connectivity index (χ3v) is 7.25. The third-order valence-electron chi connectivity index (χ3n) is 5.91. The number of amides is 1. The van der Waals surface area contributed by atoms with Crippen molar-refractivity contribution in [1.82, 2.24) is 4.90 Å². The maximum Gasteiger partial charge on any atom is 0.508 e. The summed E-state index contributed by atoms with van der Waals surface area (Å²) in [5, 5.41) is 30.9. The van der Waals surface area contributed by atoms with Crippen LogP contribution in [0.4, 0.5) is 16.2 Å². The minimum atomic E-state index is -1.08. The Hall–Kier alpha value is -4.50. The normalized spacial score (nSPS) is 18.6. The largest absolute Gasteiger partial charge is 0.508 e. The van der Waals surface area contributed by atoms with E-state index in [9.17, 15) is 39.7 Å². The summed E-state index contributed by atoms with van der Waals surface area (Å²) >= 11 is 1.08. The maximum atomic E-state index is 13.0. The number of nitro groups is 2. The first kappa shape index (κ1) is 27.5. The van der Waals surface area contributed by atoms with E-state index < -0.39 is 51.9 Å². The van der Waals surface area contributed by atoms with Crippen LogP contribution in [0.1, 0.15) is 18.1 Å². The Morgan fingerprint density at radius 3 is 1.90 bits per heavy atom.